The molecular formula is C21H22O9S. The molecule has 0 unspecified atom stereocenters. The van der Waals surface area contributed by atoms with E-state index in [9.17, 15) is 23.1 Å². The van der Waals surface area contributed by atoms with E-state index in [1.54, 1.807) is 37.3 Å². The van der Waals surface area contributed by atoms with Crippen molar-refractivity contribution in [1.82, 2.24) is 0 Å². The molecule has 0 bridgehead atoms. The van der Waals surface area contributed by atoms with Crippen LogP contribution in [0.5, 0.6) is 0 Å². The fraction of sp³-hybridized carbons (Fsp3) is 0.333. The Balaban J connectivity index is 1.91. The number of hydrogen-bond donors (Lipinski definition) is 1. The van der Waals surface area contributed by atoms with Crippen LogP contribution in [-0.2, 0) is 33.3 Å². The molecule has 166 valence electrons. The number of carbonyl (C=O) groups is 2. The second-order valence-corrected chi connectivity index (χ2v) is 8.51. The number of benzene rings is 2. The summed E-state index contributed by atoms with van der Waals surface area (Å²) in [7, 11) is -4.35. The monoisotopic (exact) mass is 450 g/mol. The van der Waals surface area contributed by atoms with Gasteiger partial charge in [0.1, 0.15) is 0 Å². The molecule has 31 heavy (non-hydrogen) atoms. The van der Waals surface area contributed by atoms with Gasteiger partial charge in [0.05, 0.1) is 17.1 Å². The van der Waals surface area contributed by atoms with Crippen LogP contribution in [0, 0.1) is 6.92 Å². The third kappa shape index (κ3) is 5.67. The van der Waals surface area contributed by atoms with E-state index < -0.39 is 46.7 Å². The van der Waals surface area contributed by atoms with Gasteiger partial charge < -0.3 is 19.3 Å². The number of aliphatic hydroxyl groups excluding tert-OH is 1. The molecule has 0 aliphatic carbocycles. The molecule has 0 amide bonds. The maximum Gasteiger partial charge on any atom is 0.338 e. The fourth-order valence-corrected chi connectivity index (χ4v) is 4.09. The fourth-order valence-electron chi connectivity index (χ4n) is 2.99. The van der Waals surface area contributed by atoms with Gasteiger partial charge in [-0.3, -0.25) is 8.98 Å². The van der Waals surface area contributed by atoms with Crippen LogP contribution >= 0.6 is 0 Å². The van der Waals surface area contributed by atoms with Gasteiger partial charge in [-0.05, 0) is 31.2 Å². The zero-order valence-corrected chi connectivity index (χ0v) is 17.7. The minimum atomic E-state index is -4.35. The lowest BCUT2D eigenvalue weighted by molar-refractivity contribution is -0.250. The summed E-state index contributed by atoms with van der Waals surface area (Å²) < 4.78 is 46.5. The first kappa shape index (κ1) is 22.9. The molecule has 0 aromatic heterocycles. The molecular weight excluding hydrogens is 428 g/mol. The molecule has 0 saturated carbocycles. The Kier molecular flexibility index (Phi) is 7.06. The van der Waals surface area contributed by atoms with E-state index in [0.717, 1.165) is 12.5 Å². The predicted molar refractivity (Wildman–Crippen MR) is 106 cm³/mol. The molecule has 1 N–H and O–H groups in total. The summed E-state index contributed by atoms with van der Waals surface area (Å²) in [5, 5.41) is 10.3. The SMILES string of the molecule is CC(=O)O[C@@H]1CO[C@H](O)[C@H](OC(=O)c2ccccc2)[C@H]1OS(=O)(=O)c1ccc(C)cc1. The summed E-state index contributed by atoms with van der Waals surface area (Å²) in [6.45, 7) is 2.57. The first-order valence-corrected chi connectivity index (χ1v) is 10.8. The van der Waals surface area contributed by atoms with Crippen LogP contribution in [0.4, 0.5) is 0 Å². The Morgan fingerprint density at radius 3 is 2.26 bits per heavy atom. The van der Waals surface area contributed by atoms with Crippen molar-refractivity contribution in [2.75, 3.05) is 6.61 Å². The van der Waals surface area contributed by atoms with Crippen molar-refractivity contribution in [3.05, 3.63) is 65.7 Å². The van der Waals surface area contributed by atoms with Crippen LogP contribution < -0.4 is 0 Å². The quantitative estimate of drug-likeness (QED) is 0.516. The van der Waals surface area contributed by atoms with Crippen molar-refractivity contribution < 1.29 is 41.5 Å². The zero-order chi connectivity index (χ0) is 22.6. The third-order valence-electron chi connectivity index (χ3n) is 4.52. The standard InChI is InChI=1S/C21H22O9S/c1-13-8-10-16(11-9-13)31(25,26)30-18-17(28-14(2)22)12-27-21(24)19(18)29-20(23)15-6-4-3-5-7-15/h3-11,17-19,21,24H,12H2,1-2H3/t17-,18+,19-,21+/m1/s1. The van der Waals surface area contributed by atoms with E-state index in [1.807, 2.05) is 0 Å². The number of aliphatic hydroxyl groups is 1. The van der Waals surface area contributed by atoms with Crippen molar-refractivity contribution in [1.29, 1.82) is 0 Å². The van der Waals surface area contributed by atoms with Crippen LogP contribution in [0.25, 0.3) is 0 Å². The molecule has 1 heterocycles. The number of aryl methyl sites for hydroxylation is 1. The van der Waals surface area contributed by atoms with Gasteiger partial charge in [0, 0.05) is 6.92 Å². The summed E-state index contributed by atoms with van der Waals surface area (Å²) >= 11 is 0. The lowest BCUT2D eigenvalue weighted by Gasteiger charge is -2.38. The first-order valence-electron chi connectivity index (χ1n) is 9.40. The average molecular weight is 450 g/mol. The summed E-state index contributed by atoms with van der Waals surface area (Å²) in [6, 6.07) is 13.8. The molecule has 1 aliphatic heterocycles. The molecule has 0 spiro atoms. The average Bonchev–Trinajstić information content (AvgIpc) is 2.73. The second kappa shape index (κ2) is 9.56. The van der Waals surface area contributed by atoms with Crippen LogP contribution in [-0.4, -0.2) is 56.7 Å². The Bertz CT molecular complexity index is 1020. The number of hydrogen-bond acceptors (Lipinski definition) is 9. The summed E-state index contributed by atoms with van der Waals surface area (Å²) in [5.74, 6) is -1.56. The second-order valence-electron chi connectivity index (χ2n) is 6.94. The molecule has 1 fully saturated rings. The lowest BCUT2D eigenvalue weighted by atomic mass is 10.0. The highest BCUT2D eigenvalue weighted by atomic mass is 32.2. The number of carbonyl (C=O) groups excluding carboxylic acids is 2. The predicted octanol–water partition coefficient (Wildman–Crippen LogP) is 1.57. The Morgan fingerprint density at radius 2 is 1.65 bits per heavy atom. The van der Waals surface area contributed by atoms with Gasteiger partial charge in [-0.15, -0.1) is 0 Å². The number of rotatable bonds is 6. The van der Waals surface area contributed by atoms with Gasteiger partial charge in [-0.1, -0.05) is 35.9 Å². The summed E-state index contributed by atoms with van der Waals surface area (Å²) in [5.41, 5.74) is 1.01. The Morgan fingerprint density at radius 1 is 1.00 bits per heavy atom. The molecule has 3 rings (SSSR count). The summed E-state index contributed by atoms with van der Waals surface area (Å²) in [6.07, 6.45) is -6.05. The minimum Gasteiger partial charge on any atom is -0.457 e. The third-order valence-corrected chi connectivity index (χ3v) is 5.85. The number of esters is 2. The highest BCUT2D eigenvalue weighted by Crippen LogP contribution is 2.27. The molecule has 4 atom stereocenters. The highest BCUT2D eigenvalue weighted by Gasteiger charge is 2.47. The van der Waals surface area contributed by atoms with Crippen molar-refractivity contribution in [2.45, 2.75) is 43.3 Å². The maximum atomic E-state index is 12.8. The molecule has 1 aliphatic rings. The molecule has 10 heteroatoms. The molecule has 0 radical (unpaired) electrons. The van der Waals surface area contributed by atoms with E-state index in [2.05, 4.69) is 0 Å². The van der Waals surface area contributed by atoms with Crippen LogP contribution in [0.1, 0.15) is 22.8 Å². The number of ether oxygens (including phenoxy) is 3. The molecule has 2 aromatic rings. The van der Waals surface area contributed by atoms with E-state index in [-0.39, 0.29) is 17.1 Å². The lowest BCUT2D eigenvalue weighted by Crippen LogP contribution is -2.57. The largest absolute Gasteiger partial charge is 0.457 e. The zero-order valence-electron chi connectivity index (χ0n) is 16.8. The summed E-state index contributed by atoms with van der Waals surface area (Å²) in [4.78, 5) is 23.9. The topological polar surface area (TPSA) is 125 Å². The van der Waals surface area contributed by atoms with Crippen molar-refractivity contribution in [2.24, 2.45) is 0 Å². The molecule has 1 saturated heterocycles. The van der Waals surface area contributed by atoms with Crippen molar-refractivity contribution in [3.63, 3.8) is 0 Å². The first-order chi connectivity index (χ1) is 14.7. The van der Waals surface area contributed by atoms with Crippen LogP contribution in [0.15, 0.2) is 59.5 Å². The minimum absolute atomic E-state index is 0.145. The molecule has 9 nitrogen and oxygen atoms in total. The van der Waals surface area contributed by atoms with Gasteiger partial charge in [-0.25, -0.2) is 4.79 Å². The normalized spacial score (nSPS) is 23.7. The van der Waals surface area contributed by atoms with E-state index in [4.69, 9.17) is 18.4 Å². The van der Waals surface area contributed by atoms with Gasteiger partial charge in [-0.2, -0.15) is 8.42 Å². The molecule has 2 aromatic carbocycles. The van der Waals surface area contributed by atoms with E-state index >= 15 is 0 Å². The smallest absolute Gasteiger partial charge is 0.338 e. The maximum absolute atomic E-state index is 12.8. The van der Waals surface area contributed by atoms with Crippen LogP contribution in [0.3, 0.4) is 0 Å². The van der Waals surface area contributed by atoms with E-state index in [1.165, 1.54) is 24.3 Å². The van der Waals surface area contributed by atoms with Crippen molar-refractivity contribution in [3.8, 4) is 0 Å². The van der Waals surface area contributed by atoms with Gasteiger partial charge in [0.2, 0.25) is 0 Å². The van der Waals surface area contributed by atoms with Crippen LogP contribution in [0.2, 0.25) is 0 Å². The van der Waals surface area contributed by atoms with Gasteiger partial charge in [0.25, 0.3) is 10.1 Å². The highest BCUT2D eigenvalue weighted by molar-refractivity contribution is 7.86. The Labute approximate surface area is 179 Å². The Hall–Kier alpha value is -2.79. The van der Waals surface area contributed by atoms with Gasteiger partial charge in [0.15, 0.2) is 24.6 Å². The van der Waals surface area contributed by atoms with E-state index in [0.29, 0.717) is 0 Å². The van der Waals surface area contributed by atoms with Crippen molar-refractivity contribution >= 4 is 22.1 Å². The van der Waals surface area contributed by atoms with Gasteiger partial charge >= 0.3 is 11.9 Å².